The fourth-order valence-corrected chi connectivity index (χ4v) is 3.42. The molecule has 0 bridgehead atoms. The first-order valence-electron chi connectivity index (χ1n) is 8.51. The first-order chi connectivity index (χ1) is 10.7. The number of anilines is 1. The van der Waals surface area contributed by atoms with Crippen LogP contribution in [0.4, 0.5) is 10.1 Å². The topological polar surface area (TPSA) is 32.3 Å². The molecule has 2 fully saturated rings. The van der Waals surface area contributed by atoms with Gasteiger partial charge in [-0.15, -0.1) is 0 Å². The molecule has 0 aromatic heterocycles. The molecule has 0 radical (unpaired) electrons. The maximum atomic E-state index is 13.6. The van der Waals surface area contributed by atoms with E-state index in [1.807, 2.05) is 0 Å². The summed E-state index contributed by atoms with van der Waals surface area (Å²) >= 11 is 0. The minimum Gasteiger partial charge on any atom is -0.322 e. The standard InChI is InChI=1S/C18H25FN2O/c19-16-8-4-5-9-17(16)20-18(22)13-21(15-10-11-15)12-14-6-2-1-3-7-14/h4-5,8-9,14-15H,1-3,6-7,10-13H2,(H,20,22). The largest absolute Gasteiger partial charge is 0.322 e. The van der Waals surface area contributed by atoms with Crippen molar-refractivity contribution in [3.8, 4) is 0 Å². The Morgan fingerprint density at radius 2 is 1.86 bits per heavy atom. The summed E-state index contributed by atoms with van der Waals surface area (Å²) in [5.41, 5.74) is 0.279. The van der Waals surface area contributed by atoms with E-state index in [0.717, 1.165) is 12.5 Å². The highest BCUT2D eigenvalue weighted by Crippen LogP contribution is 2.31. The minimum absolute atomic E-state index is 0.104. The molecule has 0 aliphatic heterocycles. The summed E-state index contributed by atoms with van der Waals surface area (Å²) < 4.78 is 13.6. The first kappa shape index (κ1) is 15.5. The number of rotatable bonds is 6. The van der Waals surface area contributed by atoms with Gasteiger partial charge < -0.3 is 5.32 Å². The zero-order valence-electron chi connectivity index (χ0n) is 13.1. The predicted molar refractivity (Wildman–Crippen MR) is 86.2 cm³/mol. The summed E-state index contributed by atoms with van der Waals surface area (Å²) in [4.78, 5) is 14.5. The third-order valence-corrected chi connectivity index (χ3v) is 4.78. The molecule has 1 N–H and O–H groups in total. The number of carbonyl (C=O) groups excluding carboxylic acids is 1. The minimum atomic E-state index is -0.374. The van der Waals surface area contributed by atoms with E-state index in [2.05, 4.69) is 10.2 Å². The molecule has 2 aliphatic carbocycles. The van der Waals surface area contributed by atoms with E-state index in [4.69, 9.17) is 0 Å². The third kappa shape index (κ3) is 4.29. The van der Waals surface area contributed by atoms with Crippen molar-refractivity contribution >= 4 is 11.6 Å². The van der Waals surface area contributed by atoms with Crippen molar-refractivity contribution in [3.63, 3.8) is 0 Å². The highest BCUT2D eigenvalue weighted by Gasteiger charge is 2.32. The molecular weight excluding hydrogens is 279 g/mol. The molecule has 2 saturated carbocycles. The van der Waals surface area contributed by atoms with Crippen LogP contribution in [0.3, 0.4) is 0 Å². The summed E-state index contributed by atoms with van der Waals surface area (Å²) in [6, 6.07) is 6.91. The Kier molecular flexibility index (Phi) is 5.08. The summed E-state index contributed by atoms with van der Waals surface area (Å²) in [7, 11) is 0. The number of nitrogens with one attached hydrogen (secondary N) is 1. The summed E-state index contributed by atoms with van der Waals surface area (Å²) in [5, 5.41) is 2.70. The van der Waals surface area contributed by atoms with E-state index in [1.165, 1.54) is 51.0 Å². The Labute approximate surface area is 131 Å². The maximum absolute atomic E-state index is 13.6. The van der Waals surface area contributed by atoms with Gasteiger partial charge in [0.1, 0.15) is 5.82 Å². The van der Waals surface area contributed by atoms with Gasteiger partial charge in [0.2, 0.25) is 5.91 Å². The normalized spacial score (nSPS) is 19.4. The van der Waals surface area contributed by atoms with Gasteiger partial charge in [-0.1, -0.05) is 31.4 Å². The zero-order chi connectivity index (χ0) is 15.4. The smallest absolute Gasteiger partial charge is 0.238 e. The van der Waals surface area contributed by atoms with E-state index in [0.29, 0.717) is 12.6 Å². The lowest BCUT2D eigenvalue weighted by molar-refractivity contribution is -0.117. The molecule has 1 aromatic carbocycles. The molecule has 0 unspecified atom stereocenters. The van der Waals surface area contributed by atoms with Gasteiger partial charge in [-0.05, 0) is 43.7 Å². The monoisotopic (exact) mass is 304 g/mol. The van der Waals surface area contributed by atoms with E-state index < -0.39 is 0 Å². The lowest BCUT2D eigenvalue weighted by atomic mass is 9.89. The second-order valence-corrected chi connectivity index (χ2v) is 6.69. The molecule has 22 heavy (non-hydrogen) atoms. The van der Waals surface area contributed by atoms with E-state index in [9.17, 15) is 9.18 Å². The van der Waals surface area contributed by atoms with E-state index >= 15 is 0 Å². The number of halogens is 1. The summed E-state index contributed by atoms with van der Waals surface area (Å²) in [6.07, 6.45) is 8.97. The number of benzene rings is 1. The molecular formula is C18H25FN2O. The van der Waals surface area contributed by atoms with Crippen LogP contribution in [0.2, 0.25) is 0 Å². The van der Waals surface area contributed by atoms with Gasteiger partial charge in [0.15, 0.2) is 0 Å². The van der Waals surface area contributed by atoms with Crippen molar-refractivity contribution in [2.45, 2.75) is 51.0 Å². The molecule has 0 atom stereocenters. The SMILES string of the molecule is O=C(CN(CC1CCCCC1)C1CC1)Nc1ccccc1F. The number of carbonyl (C=O) groups is 1. The molecule has 3 nitrogen and oxygen atoms in total. The molecule has 120 valence electrons. The zero-order valence-corrected chi connectivity index (χ0v) is 13.1. The van der Waals surface area contributed by atoms with Crippen molar-refractivity contribution in [1.82, 2.24) is 4.90 Å². The second-order valence-electron chi connectivity index (χ2n) is 6.69. The Hall–Kier alpha value is -1.42. The average molecular weight is 304 g/mol. The van der Waals surface area contributed by atoms with Crippen molar-refractivity contribution in [1.29, 1.82) is 0 Å². The Balaban J connectivity index is 1.54. The average Bonchev–Trinajstić information content (AvgIpc) is 3.35. The molecule has 3 rings (SSSR count). The van der Waals surface area contributed by atoms with Gasteiger partial charge in [0, 0.05) is 12.6 Å². The fraction of sp³-hybridized carbons (Fsp3) is 0.611. The van der Waals surface area contributed by atoms with E-state index in [1.54, 1.807) is 18.2 Å². The lowest BCUT2D eigenvalue weighted by Gasteiger charge is -2.29. The fourth-order valence-electron chi connectivity index (χ4n) is 3.42. The van der Waals surface area contributed by atoms with Crippen LogP contribution in [0.15, 0.2) is 24.3 Å². The summed E-state index contributed by atoms with van der Waals surface area (Å²) in [5.74, 6) is 0.254. The van der Waals surface area contributed by atoms with Crippen molar-refractivity contribution in [3.05, 3.63) is 30.1 Å². The molecule has 0 spiro atoms. The van der Waals surface area contributed by atoms with Gasteiger partial charge >= 0.3 is 0 Å². The predicted octanol–water partition coefficient (Wildman–Crippen LogP) is 3.81. The first-order valence-corrected chi connectivity index (χ1v) is 8.51. The van der Waals surface area contributed by atoms with Crippen LogP contribution in [0, 0.1) is 11.7 Å². The number of amides is 1. The van der Waals surface area contributed by atoms with Crippen LogP contribution in [-0.4, -0.2) is 29.9 Å². The number of nitrogens with zero attached hydrogens (tertiary/aromatic N) is 1. The number of hydrogen-bond acceptors (Lipinski definition) is 2. The van der Waals surface area contributed by atoms with Crippen molar-refractivity contribution < 1.29 is 9.18 Å². The Morgan fingerprint density at radius 1 is 1.14 bits per heavy atom. The van der Waals surface area contributed by atoms with Crippen LogP contribution in [0.1, 0.15) is 44.9 Å². The van der Waals surface area contributed by atoms with Crippen LogP contribution in [0.25, 0.3) is 0 Å². The highest BCUT2D eigenvalue weighted by molar-refractivity contribution is 5.92. The Bertz CT molecular complexity index is 510. The van der Waals surface area contributed by atoms with Gasteiger partial charge in [-0.2, -0.15) is 0 Å². The van der Waals surface area contributed by atoms with Gasteiger partial charge in [0.25, 0.3) is 0 Å². The van der Waals surface area contributed by atoms with Gasteiger partial charge in [-0.25, -0.2) is 4.39 Å². The maximum Gasteiger partial charge on any atom is 0.238 e. The Morgan fingerprint density at radius 3 is 2.55 bits per heavy atom. The van der Waals surface area contributed by atoms with Crippen LogP contribution in [-0.2, 0) is 4.79 Å². The van der Waals surface area contributed by atoms with Crippen LogP contribution < -0.4 is 5.32 Å². The van der Waals surface area contributed by atoms with Crippen molar-refractivity contribution in [2.75, 3.05) is 18.4 Å². The highest BCUT2D eigenvalue weighted by atomic mass is 19.1. The van der Waals surface area contributed by atoms with Gasteiger partial charge in [-0.3, -0.25) is 9.69 Å². The third-order valence-electron chi connectivity index (χ3n) is 4.78. The van der Waals surface area contributed by atoms with E-state index in [-0.39, 0.29) is 17.4 Å². The quantitative estimate of drug-likeness (QED) is 0.867. The second kappa shape index (κ2) is 7.23. The lowest BCUT2D eigenvalue weighted by Crippen LogP contribution is -2.38. The molecule has 4 heteroatoms. The molecule has 1 aromatic rings. The molecule has 0 saturated heterocycles. The number of para-hydroxylation sites is 1. The summed E-state index contributed by atoms with van der Waals surface area (Å²) in [6.45, 7) is 1.41. The number of hydrogen-bond donors (Lipinski definition) is 1. The molecule has 0 heterocycles. The molecule has 2 aliphatic rings. The molecule has 1 amide bonds. The van der Waals surface area contributed by atoms with Crippen molar-refractivity contribution in [2.24, 2.45) is 5.92 Å². The van der Waals surface area contributed by atoms with Crippen LogP contribution in [0.5, 0.6) is 0 Å². The van der Waals surface area contributed by atoms with Crippen LogP contribution >= 0.6 is 0 Å². The van der Waals surface area contributed by atoms with Gasteiger partial charge in [0.05, 0.1) is 12.2 Å².